The number of benzene rings is 13. The highest BCUT2D eigenvalue weighted by molar-refractivity contribution is 6.90. The molecule has 18 rings (SSSR count). The van der Waals surface area contributed by atoms with Crippen LogP contribution in [0.25, 0.3) is 121 Å². The van der Waals surface area contributed by atoms with Crippen LogP contribution in [0.4, 0.5) is 17.1 Å². The molecule has 16 aromatic rings. The molecule has 3 aromatic heterocycles. The quantitative estimate of drug-likeness (QED) is 0.118. The van der Waals surface area contributed by atoms with Gasteiger partial charge in [-0.25, -0.2) is 0 Å². The van der Waals surface area contributed by atoms with Crippen LogP contribution in [0, 0.1) is 0 Å². The monoisotopic (exact) mass is 1030 g/mol. The number of rotatable bonds is 7. The van der Waals surface area contributed by atoms with Crippen molar-refractivity contribution in [2.75, 3.05) is 4.90 Å². The summed E-state index contributed by atoms with van der Waals surface area (Å²) in [6.45, 7) is -0.264. The predicted molar refractivity (Wildman–Crippen MR) is 339 cm³/mol. The van der Waals surface area contributed by atoms with Gasteiger partial charge in [0.2, 0.25) is 0 Å². The van der Waals surface area contributed by atoms with Crippen LogP contribution >= 0.6 is 0 Å². The molecule has 0 fully saturated rings. The highest BCUT2D eigenvalue weighted by Crippen LogP contribution is 2.53. The lowest BCUT2D eigenvalue weighted by Gasteiger charge is -2.41. The fourth-order valence-electron chi connectivity index (χ4n) is 14.4. The van der Waals surface area contributed by atoms with Crippen LogP contribution in [0.2, 0.25) is 0 Å². The van der Waals surface area contributed by atoms with Gasteiger partial charge in [0, 0.05) is 66.7 Å². The standard InChI is InChI=1S/C76H47BN2O2/c1-5-21-46(22-6-1)37-58-53-29-13-14-30-54(53)59(38-47-23-7-2-8-24-47)61-44-66-64(43-60(58)61)77-74-67(78(66)52-40-50(48-25-9-3-10-26-48)39-51(41-52)49-27-11-4-12-28-49)45-70-71(57-33-17-20-36-69(57)80-70)72(74)63-42-62-55-31-16-19-35-68(55)81-76(62)73-56-32-15-18-34-65(56)79(77)75(63)73/h1-36,39-45H,37-38H2. The summed E-state index contributed by atoms with van der Waals surface area (Å²) in [7, 11) is 0. The molecule has 0 saturated carbocycles. The van der Waals surface area contributed by atoms with E-state index in [0.29, 0.717) is 0 Å². The Bertz CT molecular complexity index is 5230. The lowest BCUT2D eigenvalue weighted by Crippen LogP contribution is -2.56. The molecule has 0 spiro atoms. The van der Waals surface area contributed by atoms with E-state index in [0.717, 1.165) is 101 Å². The number of anilines is 3. The molecule has 81 heavy (non-hydrogen) atoms. The van der Waals surface area contributed by atoms with E-state index in [2.05, 4.69) is 270 Å². The summed E-state index contributed by atoms with van der Waals surface area (Å²) in [6, 6.07) is 96.4. The van der Waals surface area contributed by atoms with Gasteiger partial charge >= 0.3 is 6.85 Å². The van der Waals surface area contributed by atoms with Crippen LogP contribution < -0.4 is 15.8 Å². The van der Waals surface area contributed by atoms with Crippen molar-refractivity contribution in [3.05, 3.63) is 283 Å². The molecule has 0 amide bonds. The van der Waals surface area contributed by atoms with Gasteiger partial charge in [-0.1, -0.05) is 206 Å². The van der Waals surface area contributed by atoms with Gasteiger partial charge in [-0.3, -0.25) is 0 Å². The molecule has 2 aliphatic heterocycles. The fraction of sp³-hybridized carbons (Fsp3) is 0.0263. The minimum absolute atomic E-state index is 0.264. The Balaban J connectivity index is 1.06. The number of hydrogen-bond donors (Lipinski definition) is 0. The summed E-state index contributed by atoms with van der Waals surface area (Å²) in [5.41, 5.74) is 23.9. The Morgan fingerprint density at radius 1 is 0.358 bits per heavy atom. The first-order valence-electron chi connectivity index (χ1n) is 28.2. The van der Waals surface area contributed by atoms with Crippen molar-refractivity contribution in [1.82, 2.24) is 4.48 Å². The highest BCUT2D eigenvalue weighted by Gasteiger charge is 2.45. The zero-order chi connectivity index (χ0) is 52.9. The van der Waals surface area contributed by atoms with E-state index in [1.165, 1.54) is 82.3 Å². The summed E-state index contributed by atoms with van der Waals surface area (Å²) in [6.07, 6.45) is 1.56. The summed E-state index contributed by atoms with van der Waals surface area (Å²) < 4.78 is 17.0. The Labute approximate surface area is 467 Å². The molecule has 0 aliphatic carbocycles. The third kappa shape index (κ3) is 6.49. The van der Waals surface area contributed by atoms with Crippen LogP contribution in [0.5, 0.6) is 0 Å². The third-order valence-corrected chi connectivity index (χ3v) is 17.8. The van der Waals surface area contributed by atoms with E-state index < -0.39 is 0 Å². The molecule has 2 aliphatic rings. The number of aromatic nitrogens is 1. The first-order chi connectivity index (χ1) is 40.2. The van der Waals surface area contributed by atoms with Crippen molar-refractivity contribution < 1.29 is 8.83 Å². The SMILES string of the molecule is c1ccc(Cc2c3ccccc3c(Cc3ccccc3)c3cc4c(cc23)B2c3c(cc5oc6ccccc6c5c3-c3cc5c6ccccc6oc5c5c6ccccc6n2c35)N4c2cc(-c3ccccc3)cc(-c3ccccc3)c2)cc1. The lowest BCUT2D eigenvalue weighted by molar-refractivity contribution is 0.669. The number of furan rings is 2. The van der Waals surface area contributed by atoms with Crippen molar-refractivity contribution in [2.24, 2.45) is 0 Å². The van der Waals surface area contributed by atoms with Gasteiger partial charge in [0.25, 0.3) is 0 Å². The van der Waals surface area contributed by atoms with E-state index in [4.69, 9.17) is 8.83 Å². The normalized spacial score (nSPS) is 12.7. The van der Waals surface area contributed by atoms with E-state index in [9.17, 15) is 0 Å². The molecule has 0 radical (unpaired) electrons. The highest BCUT2D eigenvalue weighted by atomic mass is 16.3. The second kappa shape index (κ2) is 17.1. The van der Waals surface area contributed by atoms with Gasteiger partial charge in [-0.15, -0.1) is 0 Å². The number of fused-ring (bicyclic) bond motifs is 17. The van der Waals surface area contributed by atoms with Gasteiger partial charge < -0.3 is 18.2 Å². The van der Waals surface area contributed by atoms with Crippen molar-refractivity contribution in [3.8, 4) is 33.4 Å². The van der Waals surface area contributed by atoms with E-state index >= 15 is 0 Å². The molecule has 4 nitrogen and oxygen atoms in total. The van der Waals surface area contributed by atoms with Gasteiger partial charge in [-0.05, 0) is 144 Å². The Morgan fingerprint density at radius 3 is 1.53 bits per heavy atom. The van der Waals surface area contributed by atoms with Crippen LogP contribution in [0.3, 0.4) is 0 Å². The molecule has 0 N–H and O–H groups in total. The topological polar surface area (TPSA) is 34.5 Å². The van der Waals surface area contributed by atoms with Crippen LogP contribution in [-0.4, -0.2) is 11.3 Å². The average molecular weight is 1030 g/mol. The number of nitrogens with zero attached hydrogens (tertiary/aromatic N) is 2. The Morgan fingerprint density at radius 2 is 0.889 bits per heavy atom. The molecule has 0 bridgehead atoms. The van der Waals surface area contributed by atoms with Crippen molar-refractivity contribution in [1.29, 1.82) is 0 Å². The predicted octanol–water partition coefficient (Wildman–Crippen LogP) is 18.8. The number of para-hydroxylation sites is 3. The van der Waals surface area contributed by atoms with Gasteiger partial charge in [-0.2, -0.15) is 0 Å². The largest absolute Gasteiger partial charge is 0.456 e. The maximum Gasteiger partial charge on any atom is 0.333 e. The molecule has 5 heteroatoms. The van der Waals surface area contributed by atoms with Crippen LogP contribution in [-0.2, 0) is 12.8 Å². The molecule has 376 valence electrons. The fourth-order valence-corrected chi connectivity index (χ4v) is 14.4. The molecule has 0 atom stereocenters. The molecular formula is C76H47BN2O2. The summed E-state index contributed by atoms with van der Waals surface area (Å²) in [4.78, 5) is 2.60. The smallest absolute Gasteiger partial charge is 0.333 e. The van der Waals surface area contributed by atoms with Gasteiger partial charge in [0.15, 0.2) is 0 Å². The average Bonchev–Trinajstić information content (AvgIpc) is 3.93. The summed E-state index contributed by atoms with van der Waals surface area (Å²) in [5, 5.41) is 11.9. The zero-order valence-corrected chi connectivity index (χ0v) is 44.0. The summed E-state index contributed by atoms with van der Waals surface area (Å²) >= 11 is 0. The maximum atomic E-state index is 7.19. The maximum absolute atomic E-state index is 7.19. The van der Waals surface area contributed by atoms with Crippen molar-refractivity contribution in [3.63, 3.8) is 0 Å². The van der Waals surface area contributed by atoms with E-state index in [1.54, 1.807) is 0 Å². The summed E-state index contributed by atoms with van der Waals surface area (Å²) in [5.74, 6) is 0. The molecular weight excluding hydrogens is 984 g/mol. The molecule has 0 unspecified atom stereocenters. The van der Waals surface area contributed by atoms with E-state index in [1.807, 2.05) is 0 Å². The van der Waals surface area contributed by atoms with Crippen LogP contribution in [0.1, 0.15) is 22.3 Å². The van der Waals surface area contributed by atoms with Gasteiger partial charge in [0.1, 0.15) is 22.3 Å². The molecule has 5 heterocycles. The molecule has 0 saturated heterocycles. The first-order valence-corrected chi connectivity index (χ1v) is 28.2. The van der Waals surface area contributed by atoms with E-state index in [-0.39, 0.29) is 6.85 Å². The van der Waals surface area contributed by atoms with Crippen molar-refractivity contribution in [2.45, 2.75) is 12.8 Å². The second-order valence-corrected chi connectivity index (χ2v) is 22.2. The molecule has 13 aromatic carbocycles. The Hall–Kier alpha value is -10.4. The third-order valence-electron chi connectivity index (χ3n) is 17.8. The van der Waals surface area contributed by atoms with Gasteiger partial charge in [0.05, 0.1) is 5.39 Å². The minimum atomic E-state index is -0.264. The van der Waals surface area contributed by atoms with Crippen molar-refractivity contribution >= 4 is 122 Å². The number of hydrogen-bond acceptors (Lipinski definition) is 3. The second-order valence-electron chi connectivity index (χ2n) is 22.2. The first kappa shape index (κ1) is 44.6. The Kier molecular flexibility index (Phi) is 9.40. The zero-order valence-electron chi connectivity index (χ0n) is 44.0. The lowest BCUT2D eigenvalue weighted by atomic mass is 9.44. The van der Waals surface area contributed by atoms with Crippen LogP contribution in [0.15, 0.2) is 270 Å². The minimum Gasteiger partial charge on any atom is -0.456 e.